The third-order valence-electron chi connectivity index (χ3n) is 2.89. The average molecular weight is 291 g/mol. The Labute approximate surface area is 122 Å². The zero-order valence-electron chi connectivity index (χ0n) is 12.1. The number of carbonyl (C=O) groups excluding carboxylic acids is 1. The van der Waals surface area contributed by atoms with Crippen molar-refractivity contribution in [2.75, 3.05) is 11.9 Å². The summed E-state index contributed by atoms with van der Waals surface area (Å²) in [4.78, 5) is 15.9. The van der Waals surface area contributed by atoms with E-state index < -0.39 is 11.7 Å². The summed E-state index contributed by atoms with van der Waals surface area (Å²) < 4.78 is 15.8. The second-order valence-corrected chi connectivity index (χ2v) is 4.65. The molecule has 1 amide bonds. The lowest BCUT2D eigenvalue weighted by atomic mass is 10.2. The Morgan fingerprint density at radius 3 is 2.95 bits per heavy atom. The summed E-state index contributed by atoms with van der Waals surface area (Å²) in [6.45, 7) is 2.87. The highest BCUT2D eigenvalue weighted by atomic mass is 19.1. The SMILES string of the molecule is CCCNc1nccc(C(=O)NCc2cnn(C)c2)c1F. The van der Waals surface area contributed by atoms with Crippen LogP contribution in [0.15, 0.2) is 24.7 Å². The van der Waals surface area contributed by atoms with Gasteiger partial charge in [0, 0.05) is 38.1 Å². The Kier molecular flexibility index (Phi) is 4.86. The first kappa shape index (κ1) is 15.0. The topological polar surface area (TPSA) is 71.8 Å². The molecule has 0 bridgehead atoms. The van der Waals surface area contributed by atoms with Crippen molar-refractivity contribution in [3.05, 3.63) is 41.6 Å². The lowest BCUT2D eigenvalue weighted by Gasteiger charge is -2.09. The zero-order chi connectivity index (χ0) is 15.2. The molecule has 6 nitrogen and oxygen atoms in total. The maximum absolute atomic E-state index is 14.2. The first-order chi connectivity index (χ1) is 10.1. The van der Waals surface area contributed by atoms with E-state index in [2.05, 4.69) is 20.7 Å². The van der Waals surface area contributed by atoms with Crippen molar-refractivity contribution < 1.29 is 9.18 Å². The Balaban J connectivity index is 2.04. The molecule has 0 radical (unpaired) electrons. The maximum atomic E-state index is 14.2. The maximum Gasteiger partial charge on any atom is 0.254 e. The van der Waals surface area contributed by atoms with Crippen molar-refractivity contribution in [2.45, 2.75) is 19.9 Å². The van der Waals surface area contributed by atoms with Gasteiger partial charge in [-0.1, -0.05) is 6.92 Å². The molecule has 2 aromatic heterocycles. The van der Waals surface area contributed by atoms with E-state index >= 15 is 0 Å². The summed E-state index contributed by atoms with van der Waals surface area (Å²) in [5.74, 6) is -1.00. The van der Waals surface area contributed by atoms with E-state index in [1.807, 2.05) is 6.92 Å². The van der Waals surface area contributed by atoms with E-state index in [4.69, 9.17) is 0 Å². The number of carbonyl (C=O) groups is 1. The summed E-state index contributed by atoms with van der Waals surface area (Å²) in [6, 6.07) is 1.37. The lowest BCUT2D eigenvalue weighted by molar-refractivity contribution is 0.0947. The van der Waals surface area contributed by atoms with Crippen LogP contribution in [0.1, 0.15) is 29.3 Å². The predicted octanol–water partition coefficient (Wildman–Crippen LogP) is 1.71. The number of rotatable bonds is 6. The van der Waals surface area contributed by atoms with Crippen LogP contribution in [0.3, 0.4) is 0 Å². The molecule has 2 N–H and O–H groups in total. The highest BCUT2D eigenvalue weighted by Crippen LogP contribution is 2.15. The van der Waals surface area contributed by atoms with Gasteiger partial charge in [-0.25, -0.2) is 9.37 Å². The van der Waals surface area contributed by atoms with Crippen LogP contribution in [0.4, 0.5) is 10.2 Å². The number of hydrogen-bond donors (Lipinski definition) is 2. The smallest absolute Gasteiger partial charge is 0.254 e. The molecule has 0 fully saturated rings. The van der Waals surface area contributed by atoms with Gasteiger partial charge in [0.2, 0.25) is 0 Å². The van der Waals surface area contributed by atoms with Crippen LogP contribution in [-0.4, -0.2) is 27.2 Å². The number of aryl methyl sites for hydroxylation is 1. The molecule has 7 heteroatoms. The molecule has 0 aliphatic rings. The first-order valence-electron chi connectivity index (χ1n) is 6.76. The Bertz CT molecular complexity index is 626. The Hall–Kier alpha value is -2.44. The molecule has 112 valence electrons. The van der Waals surface area contributed by atoms with Gasteiger partial charge in [-0.05, 0) is 12.5 Å². The minimum atomic E-state index is -0.630. The molecule has 0 spiro atoms. The van der Waals surface area contributed by atoms with Gasteiger partial charge >= 0.3 is 0 Å². The van der Waals surface area contributed by atoms with Gasteiger partial charge < -0.3 is 10.6 Å². The number of halogens is 1. The van der Waals surface area contributed by atoms with Gasteiger partial charge in [-0.3, -0.25) is 9.48 Å². The van der Waals surface area contributed by atoms with Gasteiger partial charge in [0.25, 0.3) is 5.91 Å². The fourth-order valence-electron chi connectivity index (χ4n) is 1.83. The van der Waals surface area contributed by atoms with Gasteiger partial charge in [-0.2, -0.15) is 5.10 Å². The van der Waals surface area contributed by atoms with Crippen molar-refractivity contribution in [2.24, 2.45) is 7.05 Å². The second-order valence-electron chi connectivity index (χ2n) is 4.65. The summed E-state index contributed by atoms with van der Waals surface area (Å²) >= 11 is 0. The molecule has 0 saturated carbocycles. The Morgan fingerprint density at radius 2 is 2.29 bits per heavy atom. The standard InChI is InChI=1S/C14H18FN5O/c1-3-5-16-13-12(15)11(4-6-17-13)14(21)18-7-10-8-19-20(2)9-10/h4,6,8-9H,3,5,7H2,1-2H3,(H,16,17)(H,18,21). The summed E-state index contributed by atoms with van der Waals surface area (Å²) in [5, 5.41) is 9.52. The summed E-state index contributed by atoms with van der Waals surface area (Å²) in [5.41, 5.74) is 0.831. The van der Waals surface area contributed by atoms with E-state index in [1.54, 1.807) is 24.1 Å². The zero-order valence-corrected chi connectivity index (χ0v) is 12.1. The largest absolute Gasteiger partial charge is 0.368 e. The molecule has 0 aliphatic carbocycles. The highest BCUT2D eigenvalue weighted by molar-refractivity contribution is 5.95. The number of pyridine rings is 1. The minimum absolute atomic E-state index is 0.0208. The minimum Gasteiger partial charge on any atom is -0.368 e. The van der Waals surface area contributed by atoms with Crippen LogP contribution < -0.4 is 10.6 Å². The summed E-state index contributed by atoms with van der Waals surface area (Å²) in [7, 11) is 1.79. The number of aromatic nitrogens is 3. The quantitative estimate of drug-likeness (QED) is 0.850. The van der Waals surface area contributed by atoms with Crippen LogP contribution >= 0.6 is 0 Å². The molecule has 0 saturated heterocycles. The molecular formula is C14H18FN5O. The number of nitrogens with zero attached hydrogens (tertiary/aromatic N) is 3. The fraction of sp³-hybridized carbons (Fsp3) is 0.357. The van der Waals surface area contributed by atoms with Gasteiger partial charge in [-0.15, -0.1) is 0 Å². The van der Waals surface area contributed by atoms with Crippen LogP contribution in [0.5, 0.6) is 0 Å². The van der Waals surface area contributed by atoms with Crippen molar-refractivity contribution in [1.29, 1.82) is 0 Å². The van der Waals surface area contributed by atoms with Gasteiger partial charge in [0.1, 0.15) is 0 Å². The van der Waals surface area contributed by atoms with Crippen molar-refractivity contribution in [1.82, 2.24) is 20.1 Å². The molecule has 2 heterocycles. The lowest BCUT2D eigenvalue weighted by Crippen LogP contribution is -2.24. The fourth-order valence-corrected chi connectivity index (χ4v) is 1.83. The first-order valence-corrected chi connectivity index (χ1v) is 6.76. The molecule has 21 heavy (non-hydrogen) atoms. The second kappa shape index (κ2) is 6.83. The number of amides is 1. The van der Waals surface area contributed by atoms with E-state index in [-0.39, 0.29) is 11.4 Å². The predicted molar refractivity (Wildman–Crippen MR) is 77.4 cm³/mol. The Morgan fingerprint density at radius 1 is 1.48 bits per heavy atom. The normalized spacial score (nSPS) is 10.4. The molecular weight excluding hydrogens is 273 g/mol. The van der Waals surface area contributed by atoms with E-state index in [0.29, 0.717) is 13.1 Å². The highest BCUT2D eigenvalue weighted by Gasteiger charge is 2.15. The molecule has 2 rings (SSSR count). The third kappa shape index (κ3) is 3.77. The monoisotopic (exact) mass is 291 g/mol. The molecule has 0 unspecified atom stereocenters. The van der Waals surface area contributed by atoms with Crippen LogP contribution in [0.25, 0.3) is 0 Å². The molecule has 0 atom stereocenters. The van der Waals surface area contributed by atoms with Crippen molar-refractivity contribution in [3.63, 3.8) is 0 Å². The number of hydrogen-bond acceptors (Lipinski definition) is 4. The van der Waals surface area contributed by atoms with Gasteiger partial charge in [0.05, 0.1) is 11.8 Å². The molecule has 2 aromatic rings. The van der Waals surface area contributed by atoms with Crippen molar-refractivity contribution in [3.8, 4) is 0 Å². The molecule has 0 aliphatic heterocycles. The van der Waals surface area contributed by atoms with E-state index in [9.17, 15) is 9.18 Å². The number of nitrogens with one attached hydrogen (secondary N) is 2. The molecule has 0 aromatic carbocycles. The summed E-state index contributed by atoms with van der Waals surface area (Å²) in [6.07, 6.45) is 5.70. The number of anilines is 1. The van der Waals surface area contributed by atoms with E-state index in [1.165, 1.54) is 12.3 Å². The van der Waals surface area contributed by atoms with E-state index in [0.717, 1.165) is 12.0 Å². The average Bonchev–Trinajstić information content (AvgIpc) is 2.89. The van der Waals surface area contributed by atoms with Crippen LogP contribution in [0, 0.1) is 5.82 Å². The van der Waals surface area contributed by atoms with Crippen LogP contribution in [-0.2, 0) is 13.6 Å². The van der Waals surface area contributed by atoms with Crippen molar-refractivity contribution >= 4 is 11.7 Å². The third-order valence-corrected chi connectivity index (χ3v) is 2.89. The van der Waals surface area contributed by atoms with Gasteiger partial charge in [0.15, 0.2) is 11.6 Å². The van der Waals surface area contributed by atoms with Crippen LogP contribution in [0.2, 0.25) is 0 Å².